The summed E-state index contributed by atoms with van der Waals surface area (Å²) >= 11 is 0. The third kappa shape index (κ3) is 3.02. The first-order valence-electron chi connectivity index (χ1n) is 5.95. The molecule has 0 saturated carbocycles. The van der Waals surface area contributed by atoms with Crippen LogP contribution in [0, 0.1) is 0 Å². The molecular formula is C13H16N2O3S. The first kappa shape index (κ1) is 13.8. The molecule has 0 aliphatic rings. The van der Waals surface area contributed by atoms with Gasteiger partial charge in [0, 0.05) is 12.5 Å². The lowest BCUT2D eigenvalue weighted by Gasteiger charge is -2.08. The van der Waals surface area contributed by atoms with Crippen LogP contribution in [0.2, 0.25) is 0 Å². The van der Waals surface area contributed by atoms with Crippen LogP contribution in [0.3, 0.4) is 0 Å². The third-order valence-corrected chi connectivity index (χ3v) is 3.98. The molecule has 2 rings (SSSR count). The summed E-state index contributed by atoms with van der Waals surface area (Å²) in [5.74, 6) is 0. The molecule has 1 aromatic heterocycles. The summed E-state index contributed by atoms with van der Waals surface area (Å²) in [7, 11) is -3.24. The zero-order valence-electron chi connectivity index (χ0n) is 10.8. The van der Waals surface area contributed by atoms with Crippen LogP contribution in [0.25, 0.3) is 5.69 Å². The molecule has 1 N–H and O–H groups in total. The summed E-state index contributed by atoms with van der Waals surface area (Å²) in [5, 5.41) is 13.7. The predicted octanol–water partition coefficient (Wildman–Crippen LogP) is 1.72. The molecule has 0 radical (unpaired) electrons. The van der Waals surface area contributed by atoms with Crippen molar-refractivity contribution >= 4 is 9.84 Å². The maximum Gasteiger partial charge on any atom is 0.178 e. The zero-order valence-corrected chi connectivity index (χ0v) is 11.6. The van der Waals surface area contributed by atoms with Gasteiger partial charge in [-0.25, -0.2) is 13.1 Å². The van der Waals surface area contributed by atoms with E-state index < -0.39 is 15.9 Å². The Morgan fingerprint density at radius 3 is 2.42 bits per heavy atom. The smallest absolute Gasteiger partial charge is 0.178 e. The van der Waals surface area contributed by atoms with Gasteiger partial charge in [0.2, 0.25) is 0 Å². The van der Waals surface area contributed by atoms with Crippen molar-refractivity contribution in [3.63, 3.8) is 0 Å². The first-order chi connectivity index (χ1) is 8.91. The first-order valence-corrected chi connectivity index (χ1v) is 7.84. The Kier molecular flexibility index (Phi) is 3.73. The Morgan fingerprint density at radius 1 is 1.32 bits per heavy atom. The molecule has 19 heavy (non-hydrogen) atoms. The quantitative estimate of drug-likeness (QED) is 0.925. The van der Waals surface area contributed by atoms with Gasteiger partial charge in [-0.1, -0.05) is 19.1 Å². The molecule has 1 heterocycles. The minimum Gasteiger partial charge on any atom is -0.388 e. The summed E-state index contributed by atoms with van der Waals surface area (Å²) in [5.41, 5.74) is 1.59. The largest absolute Gasteiger partial charge is 0.388 e. The minimum absolute atomic E-state index is 0.185. The van der Waals surface area contributed by atoms with Crippen LogP contribution >= 0.6 is 0 Å². The Bertz CT molecular complexity index is 659. The van der Waals surface area contributed by atoms with Gasteiger partial charge in [-0.05, 0) is 24.1 Å². The van der Waals surface area contributed by atoms with E-state index in [4.69, 9.17) is 0 Å². The molecule has 0 saturated heterocycles. The van der Waals surface area contributed by atoms with Crippen LogP contribution in [-0.4, -0.2) is 29.6 Å². The van der Waals surface area contributed by atoms with Gasteiger partial charge in [0.15, 0.2) is 9.84 Å². The van der Waals surface area contributed by atoms with Crippen molar-refractivity contribution in [1.82, 2.24) is 9.78 Å². The summed E-state index contributed by atoms with van der Waals surface area (Å²) in [6, 6.07) is 7.22. The number of sulfone groups is 1. The molecule has 0 fully saturated rings. The molecule has 5 nitrogen and oxygen atoms in total. The van der Waals surface area contributed by atoms with E-state index >= 15 is 0 Å². The van der Waals surface area contributed by atoms with Gasteiger partial charge in [-0.15, -0.1) is 0 Å². The number of hydrogen-bond acceptors (Lipinski definition) is 4. The second kappa shape index (κ2) is 5.14. The summed E-state index contributed by atoms with van der Waals surface area (Å²) in [6.07, 6.45) is 4.12. The van der Waals surface area contributed by atoms with Gasteiger partial charge in [0.05, 0.1) is 18.0 Å². The molecule has 0 aliphatic heterocycles. The molecule has 102 valence electrons. The van der Waals surface area contributed by atoms with Gasteiger partial charge < -0.3 is 5.11 Å². The Hall–Kier alpha value is -1.66. The molecule has 2 aromatic rings. The molecule has 0 aliphatic carbocycles. The van der Waals surface area contributed by atoms with Gasteiger partial charge >= 0.3 is 0 Å². The van der Waals surface area contributed by atoms with Crippen molar-refractivity contribution in [3.05, 3.63) is 42.2 Å². The number of benzene rings is 1. The lowest BCUT2D eigenvalue weighted by molar-refractivity contribution is 0.173. The van der Waals surface area contributed by atoms with Crippen LogP contribution in [0.15, 0.2) is 41.6 Å². The lowest BCUT2D eigenvalue weighted by Crippen LogP contribution is -1.98. The number of rotatable bonds is 4. The highest BCUT2D eigenvalue weighted by Crippen LogP contribution is 2.18. The predicted molar refractivity (Wildman–Crippen MR) is 71.9 cm³/mol. The fourth-order valence-electron chi connectivity index (χ4n) is 1.72. The minimum atomic E-state index is -3.24. The highest BCUT2D eigenvalue weighted by molar-refractivity contribution is 7.90. The van der Waals surface area contributed by atoms with Gasteiger partial charge in [0.25, 0.3) is 0 Å². The molecule has 6 heteroatoms. The SMILES string of the molecule is CC[C@H](O)c1ccc(-n2cc(S(C)(=O)=O)cn2)cc1. The standard InChI is InChI=1S/C13H16N2O3S/c1-3-13(16)10-4-6-11(7-5-10)15-9-12(8-14-15)19(2,17)18/h4-9,13,16H,3H2,1-2H3/t13-/m0/s1. The molecule has 1 atom stereocenters. The zero-order chi connectivity index (χ0) is 14.0. The van der Waals surface area contributed by atoms with E-state index in [1.807, 2.05) is 19.1 Å². The van der Waals surface area contributed by atoms with Crippen LogP contribution in [0.5, 0.6) is 0 Å². The van der Waals surface area contributed by atoms with E-state index in [2.05, 4.69) is 5.10 Å². The van der Waals surface area contributed by atoms with Crippen molar-refractivity contribution in [3.8, 4) is 5.69 Å². The maximum absolute atomic E-state index is 11.4. The van der Waals surface area contributed by atoms with Gasteiger partial charge in [-0.3, -0.25) is 0 Å². The van der Waals surface area contributed by atoms with E-state index in [1.54, 1.807) is 12.1 Å². The number of nitrogens with zero attached hydrogens (tertiary/aromatic N) is 2. The molecule has 0 amide bonds. The van der Waals surface area contributed by atoms with Crippen molar-refractivity contribution in [1.29, 1.82) is 0 Å². The number of aromatic nitrogens is 2. The van der Waals surface area contributed by atoms with E-state index in [0.717, 1.165) is 17.5 Å². The van der Waals surface area contributed by atoms with E-state index in [-0.39, 0.29) is 4.90 Å². The number of aliphatic hydroxyl groups excluding tert-OH is 1. The normalized spacial score (nSPS) is 13.4. The van der Waals surface area contributed by atoms with Gasteiger partial charge in [-0.2, -0.15) is 5.10 Å². The topological polar surface area (TPSA) is 72.2 Å². The Labute approximate surface area is 112 Å². The van der Waals surface area contributed by atoms with Crippen molar-refractivity contribution < 1.29 is 13.5 Å². The van der Waals surface area contributed by atoms with Crippen molar-refractivity contribution in [2.24, 2.45) is 0 Å². The molecule has 1 aromatic carbocycles. The highest BCUT2D eigenvalue weighted by atomic mass is 32.2. The van der Waals surface area contributed by atoms with Crippen LogP contribution in [-0.2, 0) is 9.84 Å². The van der Waals surface area contributed by atoms with Crippen molar-refractivity contribution in [2.75, 3.05) is 6.26 Å². The molecular weight excluding hydrogens is 264 g/mol. The molecule has 0 spiro atoms. The fourth-order valence-corrected chi connectivity index (χ4v) is 2.25. The molecule has 0 bridgehead atoms. The molecule has 0 unspecified atom stereocenters. The fraction of sp³-hybridized carbons (Fsp3) is 0.308. The summed E-state index contributed by atoms with van der Waals surface area (Å²) in [4.78, 5) is 0.185. The Morgan fingerprint density at radius 2 is 1.95 bits per heavy atom. The van der Waals surface area contributed by atoms with Gasteiger partial charge in [0.1, 0.15) is 4.90 Å². The second-order valence-electron chi connectivity index (χ2n) is 4.41. The Balaban J connectivity index is 2.30. The maximum atomic E-state index is 11.4. The van der Waals surface area contributed by atoms with Crippen molar-refractivity contribution in [2.45, 2.75) is 24.3 Å². The lowest BCUT2D eigenvalue weighted by atomic mass is 10.1. The summed E-state index contributed by atoms with van der Waals surface area (Å²) in [6.45, 7) is 1.91. The van der Waals surface area contributed by atoms with Crippen LogP contribution in [0.1, 0.15) is 25.0 Å². The number of aliphatic hydroxyl groups is 1. The average Bonchev–Trinajstić information content (AvgIpc) is 2.87. The second-order valence-corrected chi connectivity index (χ2v) is 6.42. The highest BCUT2D eigenvalue weighted by Gasteiger charge is 2.11. The van der Waals surface area contributed by atoms with Crippen LogP contribution < -0.4 is 0 Å². The third-order valence-electron chi connectivity index (χ3n) is 2.92. The monoisotopic (exact) mass is 280 g/mol. The van der Waals surface area contributed by atoms with Crippen LogP contribution in [0.4, 0.5) is 0 Å². The number of hydrogen-bond donors (Lipinski definition) is 1. The van der Waals surface area contributed by atoms with E-state index in [9.17, 15) is 13.5 Å². The van der Waals surface area contributed by atoms with E-state index in [0.29, 0.717) is 6.42 Å². The van der Waals surface area contributed by atoms with E-state index in [1.165, 1.54) is 17.1 Å². The average molecular weight is 280 g/mol. The summed E-state index contributed by atoms with van der Waals surface area (Å²) < 4.78 is 24.2.